The first kappa shape index (κ1) is 26.2. The number of H-pyrrole nitrogens is 1. The predicted molar refractivity (Wildman–Crippen MR) is 150 cm³/mol. The van der Waals surface area contributed by atoms with Crippen molar-refractivity contribution in [1.82, 2.24) is 30.0 Å². The van der Waals surface area contributed by atoms with Crippen LogP contribution in [-0.2, 0) is 22.6 Å². The van der Waals surface area contributed by atoms with Gasteiger partial charge in [-0.15, -0.1) is 0 Å². The van der Waals surface area contributed by atoms with E-state index in [1.165, 1.54) is 6.08 Å². The highest BCUT2D eigenvalue weighted by Gasteiger charge is 2.35. The topological polar surface area (TPSA) is 104 Å². The molecule has 0 aliphatic carbocycles. The Bertz CT molecular complexity index is 1450. The molecule has 1 amide bonds. The number of likely N-dealkylation sites (N-methyl/N-ethyl adjacent to an activating group) is 1. The predicted octanol–water partition coefficient (Wildman–Crippen LogP) is 2.76. The molecule has 5 heterocycles. The van der Waals surface area contributed by atoms with Crippen LogP contribution in [0.5, 0.6) is 6.01 Å². The van der Waals surface area contributed by atoms with Crippen molar-refractivity contribution in [3.63, 3.8) is 0 Å². The van der Waals surface area contributed by atoms with E-state index in [9.17, 15) is 4.79 Å². The second-order valence-electron chi connectivity index (χ2n) is 10.7. The summed E-state index contributed by atoms with van der Waals surface area (Å²) >= 11 is 0. The number of carbonyl (C=O) groups excluding carboxylic acids is 1. The number of anilines is 1. The van der Waals surface area contributed by atoms with Gasteiger partial charge in [0.1, 0.15) is 18.5 Å². The minimum Gasteiger partial charge on any atom is -0.462 e. The molecule has 1 N–H and O–H groups in total. The summed E-state index contributed by atoms with van der Waals surface area (Å²) in [5.41, 5.74) is 3.88. The van der Waals surface area contributed by atoms with Gasteiger partial charge >= 0.3 is 6.01 Å². The second-order valence-corrected chi connectivity index (χ2v) is 10.7. The van der Waals surface area contributed by atoms with Gasteiger partial charge in [-0.2, -0.15) is 15.1 Å². The molecule has 208 valence electrons. The highest BCUT2D eigenvalue weighted by Crippen LogP contribution is 2.37. The fourth-order valence-corrected chi connectivity index (χ4v) is 6.11. The third-order valence-corrected chi connectivity index (χ3v) is 8.34. The lowest BCUT2D eigenvalue weighted by Gasteiger charge is -2.40. The maximum Gasteiger partial charge on any atom is 0.318 e. The Labute approximate surface area is 233 Å². The summed E-state index contributed by atoms with van der Waals surface area (Å²) in [5, 5.41) is 8.29. The van der Waals surface area contributed by atoms with Gasteiger partial charge < -0.3 is 29.0 Å². The first-order valence-corrected chi connectivity index (χ1v) is 13.8. The van der Waals surface area contributed by atoms with Crippen molar-refractivity contribution in [2.45, 2.75) is 44.1 Å². The Morgan fingerprint density at radius 2 is 2.20 bits per heavy atom. The maximum absolute atomic E-state index is 12.5. The molecular formula is C29H34N8O3. The molecule has 0 spiro atoms. The lowest BCUT2D eigenvalue weighted by Crippen LogP contribution is -2.56. The van der Waals surface area contributed by atoms with E-state index in [1.807, 2.05) is 18.3 Å². The molecule has 40 heavy (non-hydrogen) atoms. The fraction of sp³-hybridized carbons (Fsp3) is 0.483. The number of nitrogens with zero attached hydrogens (tertiary/aromatic N) is 7. The molecule has 11 heteroatoms. The second kappa shape index (κ2) is 11.2. The van der Waals surface area contributed by atoms with Crippen molar-refractivity contribution in [2.75, 3.05) is 51.3 Å². The number of hydrogen-bond acceptors (Lipinski definition) is 8. The molecule has 0 saturated carbocycles. The molecule has 3 aliphatic rings. The number of nitrogens with one attached hydrogen (secondary N) is 1. The van der Waals surface area contributed by atoms with E-state index in [2.05, 4.69) is 44.5 Å². The highest BCUT2D eigenvalue weighted by molar-refractivity contribution is 5.87. The number of rotatable bonds is 7. The van der Waals surface area contributed by atoms with E-state index >= 15 is 0 Å². The Morgan fingerprint density at radius 1 is 1.30 bits per heavy atom. The summed E-state index contributed by atoms with van der Waals surface area (Å²) in [5.74, 6) is 0.614. The van der Waals surface area contributed by atoms with Gasteiger partial charge in [0, 0.05) is 43.0 Å². The first-order valence-electron chi connectivity index (χ1n) is 13.8. The van der Waals surface area contributed by atoms with Crippen molar-refractivity contribution in [2.24, 2.45) is 0 Å². The fourth-order valence-electron chi connectivity index (χ4n) is 6.11. The number of aromatic amines is 1. The van der Waals surface area contributed by atoms with Crippen LogP contribution in [0.15, 0.2) is 37.1 Å². The van der Waals surface area contributed by atoms with Crippen molar-refractivity contribution in [1.29, 1.82) is 0 Å². The van der Waals surface area contributed by atoms with Gasteiger partial charge in [-0.3, -0.25) is 9.89 Å². The van der Waals surface area contributed by atoms with Crippen LogP contribution in [0.1, 0.15) is 35.8 Å². The van der Waals surface area contributed by atoms with E-state index in [0.29, 0.717) is 51.3 Å². The minimum atomic E-state index is -0.255. The molecule has 6 rings (SSSR count). The third-order valence-electron chi connectivity index (χ3n) is 8.34. The molecule has 2 fully saturated rings. The number of likely N-dealkylation sites (tertiary alicyclic amines) is 1. The zero-order valence-corrected chi connectivity index (χ0v) is 22.8. The molecule has 3 aromatic rings. The molecule has 2 saturated heterocycles. The van der Waals surface area contributed by atoms with E-state index in [0.717, 1.165) is 52.9 Å². The summed E-state index contributed by atoms with van der Waals surface area (Å²) in [6.45, 7) is 14.8. The number of piperazine rings is 1. The third kappa shape index (κ3) is 5.00. The lowest BCUT2D eigenvalue weighted by molar-refractivity contribution is -0.128. The van der Waals surface area contributed by atoms with Crippen LogP contribution < -0.4 is 9.64 Å². The van der Waals surface area contributed by atoms with E-state index < -0.39 is 0 Å². The van der Waals surface area contributed by atoms with Gasteiger partial charge in [0.15, 0.2) is 0 Å². The smallest absolute Gasteiger partial charge is 0.318 e. The largest absolute Gasteiger partial charge is 0.462 e. The van der Waals surface area contributed by atoms with Gasteiger partial charge in [-0.05, 0) is 44.1 Å². The number of ether oxygens (including phenoxy) is 2. The van der Waals surface area contributed by atoms with Crippen molar-refractivity contribution < 1.29 is 14.3 Å². The number of carbonyl (C=O) groups is 1. The van der Waals surface area contributed by atoms with E-state index in [-0.39, 0.29) is 24.6 Å². The zero-order valence-electron chi connectivity index (χ0n) is 22.8. The van der Waals surface area contributed by atoms with Gasteiger partial charge in [0.25, 0.3) is 0 Å². The summed E-state index contributed by atoms with van der Waals surface area (Å²) in [6, 6.07) is 6.54. The molecule has 3 atom stereocenters. The van der Waals surface area contributed by atoms with Crippen molar-refractivity contribution >= 4 is 22.6 Å². The molecule has 1 aromatic carbocycles. The summed E-state index contributed by atoms with van der Waals surface area (Å²) in [6.07, 6.45) is 5.81. The number of aromatic nitrogens is 4. The summed E-state index contributed by atoms with van der Waals surface area (Å²) < 4.78 is 12.7. The Kier molecular flexibility index (Phi) is 7.36. The monoisotopic (exact) mass is 542 g/mol. The Hall–Kier alpha value is -4.01. The number of benzene rings is 1. The van der Waals surface area contributed by atoms with E-state index in [1.54, 1.807) is 4.90 Å². The zero-order chi connectivity index (χ0) is 27.6. The number of hydrogen-bond donors (Lipinski definition) is 1. The SMILES string of the molecule is [C-]#[N+]C[C@H]1CN(c2nc(OC[C@@H]3CCCN3C)nc3c2COC(c2cccc4[nH]ncc24)C3)CCN1C(=O)C=C. The van der Waals surface area contributed by atoms with E-state index in [4.69, 9.17) is 26.0 Å². The van der Waals surface area contributed by atoms with Gasteiger partial charge in [-0.25, -0.2) is 6.57 Å². The molecule has 0 radical (unpaired) electrons. The molecular weight excluding hydrogens is 508 g/mol. The van der Waals surface area contributed by atoms with Gasteiger partial charge in [0.05, 0.1) is 30.1 Å². The van der Waals surface area contributed by atoms with Crippen LogP contribution in [-0.4, -0.2) is 94.3 Å². The van der Waals surface area contributed by atoms with Crippen LogP contribution in [0.3, 0.4) is 0 Å². The lowest BCUT2D eigenvalue weighted by atomic mass is 9.96. The Balaban J connectivity index is 1.32. The van der Waals surface area contributed by atoms with Crippen molar-refractivity contribution in [3.05, 3.63) is 65.3 Å². The summed E-state index contributed by atoms with van der Waals surface area (Å²) in [4.78, 5) is 32.1. The average molecular weight is 543 g/mol. The van der Waals surface area contributed by atoms with Crippen LogP contribution >= 0.6 is 0 Å². The van der Waals surface area contributed by atoms with Crippen molar-refractivity contribution in [3.8, 4) is 6.01 Å². The molecule has 3 aliphatic heterocycles. The number of fused-ring (bicyclic) bond motifs is 2. The van der Waals surface area contributed by atoms with Crippen LogP contribution in [0.25, 0.3) is 15.7 Å². The minimum absolute atomic E-state index is 0.151. The van der Waals surface area contributed by atoms with Crippen LogP contribution in [0.4, 0.5) is 5.82 Å². The molecule has 1 unspecified atom stereocenters. The van der Waals surface area contributed by atoms with Crippen LogP contribution in [0, 0.1) is 6.57 Å². The standard InChI is InChI=1S/C29H34N8O3/c1-4-27(38)37-12-11-36(16-20(37)14-30-2)28-23-18-39-26(21-8-5-9-24-22(21)15-31-34-24)13-25(23)32-29(33-28)40-17-19-7-6-10-35(19)3/h4-5,8-9,15,19-20,26H,1,6-7,10-14,16-18H2,3H3,(H,31,34)/t19-,20-,26?/m0/s1. The maximum atomic E-state index is 12.5. The highest BCUT2D eigenvalue weighted by atomic mass is 16.5. The van der Waals surface area contributed by atoms with Crippen LogP contribution in [0.2, 0.25) is 0 Å². The molecule has 2 aromatic heterocycles. The van der Waals surface area contributed by atoms with Gasteiger partial charge in [-0.1, -0.05) is 18.7 Å². The Morgan fingerprint density at radius 3 is 3.00 bits per heavy atom. The molecule has 11 nitrogen and oxygen atoms in total. The molecule has 0 bridgehead atoms. The average Bonchev–Trinajstić information content (AvgIpc) is 3.63. The number of amides is 1. The quantitative estimate of drug-likeness (QED) is 0.359. The first-order chi connectivity index (χ1) is 19.6. The normalized spacial score (nSPS) is 23.1. The van der Waals surface area contributed by atoms with Gasteiger partial charge in [0.2, 0.25) is 12.5 Å². The summed E-state index contributed by atoms with van der Waals surface area (Å²) in [7, 11) is 2.13.